The molecule has 0 bridgehead atoms. The molecule has 0 atom stereocenters. The molecule has 0 saturated carbocycles. The van der Waals surface area contributed by atoms with Crippen molar-refractivity contribution in [2.45, 2.75) is 33.6 Å². The van der Waals surface area contributed by atoms with Crippen LogP contribution >= 0.6 is 15.9 Å². The first-order valence-corrected chi connectivity index (χ1v) is 7.98. The Balaban J connectivity index is 2.72. The molecular formula is C15H21BrN2O3. The standard InChI is InChI=1S/C15H21BrN2O3/c1-11-5-6-12(9-13(11)18(20)21)14(19)17-10-15(2,3)7-4-8-16/h5-6,9H,4,7-8,10H2,1-3H3,(H,17,19). The van der Waals surface area contributed by atoms with E-state index >= 15 is 0 Å². The van der Waals surface area contributed by atoms with E-state index in [9.17, 15) is 14.9 Å². The normalized spacial score (nSPS) is 11.2. The van der Waals surface area contributed by atoms with Gasteiger partial charge >= 0.3 is 0 Å². The number of nitro groups is 1. The molecule has 0 radical (unpaired) electrons. The number of amides is 1. The lowest BCUT2D eigenvalue weighted by Crippen LogP contribution is -2.34. The van der Waals surface area contributed by atoms with Crippen LogP contribution in [0.5, 0.6) is 0 Å². The molecule has 5 nitrogen and oxygen atoms in total. The molecule has 1 N–H and O–H groups in total. The fourth-order valence-electron chi connectivity index (χ4n) is 2.00. The quantitative estimate of drug-likeness (QED) is 0.458. The zero-order chi connectivity index (χ0) is 16.0. The Morgan fingerprint density at radius 2 is 2.10 bits per heavy atom. The number of aryl methyl sites for hydroxylation is 1. The molecule has 0 spiro atoms. The fraction of sp³-hybridized carbons (Fsp3) is 0.533. The molecule has 116 valence electrons. The molecule has 0 aliphatic carbocycles. The van der Waals surface area contributed by atoms with E-state index in [-0.39, 0.29) is 17.0 Å². The Hall–Kier alpha value is -1.43. The van der Waals surface area contributed by atoms with Crippen LogP contribution in [-0.2, 0) is 0 Å². The third-order valence-corrected chi connectivity index (χ3v) is 3.94. The van der Waals surface area contributed by atoms with Gasteiger partial charge in [0.15, 0.2) is 0 Å². The summed E-state index contributed by atoms with van der Waals surface area (Å²) in [7, 11) is 0. The Labute approximate surface area is 133 Å². The molecule has 0 aromatic heterocycles. The van der Waals surface area contributed by atoms with Crippen LogP contribution in [-0.4, -0.2) is 22.7 Å². The van der Waals surface area contributed by atoms with E-state index in [1.54, 1.807) is 19.1 Å². The average molecular weight is 357 g/mol. The number of carbonyl (C=O) groups excluding carboxylic acids is 1. The molecule has 1 rings (SSSR count). The summed E-state index contributed by atoms with van der Waals surface area (Å²) in [5.74, 6) is -0.273. The van der Waals surface area contributed by atoms with Gasteiger partial charge in [0.05, 0.1) is 4.92 Å². The van der Waals surface area contributed by atoms with Crippen molar-refractivity contribution >= 4 is 27.5 Å². The van der Waals surface area contributed by atoms with Gasteiger partial charge in [0.1, 0.15) is 0 Å². The van der Waals surface area contributed by atoms with E-state index in [2.05, 4.69) is 35.1 Å². The first-order valence-electron chi connectivity index (χ1n) is 6.86. The van der Waals surface area contributed by atoms with Gasteiger partial charge in [0.2, 0.25) is 0 Å². The Kier molecular flexibility index (Phi) is 6.33. The average Bonchev–Trinajstić information content (AvgIpc) is 2.43. The predicted molar refractivity (Wildman–Crippen MR) is 87.0 cm³/mol. The summed E-state index contributed by atoms with van der Waals surface area (Å²) in [6.45, 7) is 6.38. The number of rotatable bonds is 7. The Bertz CT molecular complexity index is 530. The number of halogens is 1. The second-order valence-corrected chi connectivity index (χ2v) is 6.69. The van der Waals surface area contributed by atoms with Crippen LogP contribution < -0.4 is 5.32 Å². The van der Waals surface area contributed by atoms with Crippen molar-refractivity contribution in [1.29, 1.82) is 0 Å². The van der Waals surface area contributed by atoms with Crippen LogP contribution in [0.3, 0.4) is 0 Å². The lowest BCUT2D eigenvalue weighted by molar-refractivity contribution is -0.385. The number of hydrogen-bond donors (Lipinski definition) is 1. The van der Waals surface area contributed by atoms with Gasteiger partial charge in [-0.15, -0.1) is 0 Å². The summed E-state index contributed by atoms with van der Waals surface area (Å²) in [4.78, 5) is 22.5. The van der Waals surface area contributed by atoms with Crippen LogP contribution in [0.4, 0.5) is 5.69 Å². The van der Waals surface area contributed by atoms with Gasteiger partial charge in [0, 0.05) is 29.1 Å². The maximum atomic E-state index is 12.1. The van der Waals surface area contributed by atoms with Crippen molar-refractivity contribution < 1.29 is 9.72 Å². The van der Waals surface area contributed by atoms with Crippen molar-refractivity contribution in [3.8, 4) is 0 Å². The molecule has 1 amide bonds. The van der Waals surface area contributed by atoms with E-state index in [0.29, 0.717) is 17.7 Å². The van der Waals surface area contributed by atoms with E-state index in [4.69, 9.17) is 0 Å². The smallest absolute Gasteiger partial charge is 0.273 e. The molecule has 0 saturated heterocycles. The molecule has 0 heterocycles. The summed E-state index contributed by atoms with van der Waals surface area (Å²) in [5.41, 5.74) is 0.846. The van der Waals surface area contributed by atoms with Gasteiger partial charge < -0.3 is 5.32 Å². The molecule has 0 unspecified atom stereocenters. The van der Waals surface area contributed by atoms with E-state index < -0.39 is 4.92 Å². The van der Waals surface area contributed by atoms with Crippen LogP contribution in [0.2, 0.25) is 0 Å². The highest BCUT2D eigenvalue weighted by Crippen LogP contribution is 2.22. The third kappa shape index (κ3) is 5.46. The summed E-state index contributed by atoms with van der Waals surface area (Å²) in [5, 5.41) is 14.7. The monoisotopic (exact) mass is 356 g/mol. The Morgan fingerprint density at radius 1 is 1.43 bits per heavy atom. The highest BCUT2D eigenvalue weighted by Gasteiger charge is 2.20. The van der Waals surface area contributed by atoms with Gasteiger partial charge in [-0.1, -0.05) is 35.8 Å². The van der Waals surface area contributed by atoms with E-state index in [1.807, 2.05) is 0 Å². The van der Waals surface area contributed by atoms with Crippen LogP contribution in [0.25, 0.3) is 0 Å². The van der Waals surface area contributed by atoms with Crippen molar-refractivity contribution in [2.24, 2.45) is 5.41 Å². The van der Waals surface area contributed by atoms with Crippen LogP contribution in [0, 0.1) is 22.5 Å². The molecule has 1 aromatic rings. The number of nitro benzene ring substituents is 1. The van der Waals surface area contributed by atoms with E-state index in [0.717, 1.165) is 18.2 Å². The predicted octanol–water partition coefficient (Wildman–Crippen LogP) is 3.83. The lowest BCUT2D eigenvalue weighted by atomic mass is 9.88. The second-order valence-electron chi connectivity index (χ2n) is 5.90. The second kappa shape index (κ2) is 7.54. The molecule has 21 heavy (non-hydrogen) atoms. The maximum Gasteiger partial charge on any atom is 0.273 e. The van der Waals surface area contributed by atoms with Gasteiger partial charge in [-0.2, -0.15) is 0 Å². The zero-order valence-electron chi connectivity index (χ0n) is 12.6. The van der Waals surface area contributed by atoms with Crippen molar-refractivity contribution in [3.05, 3.63) is 39.4 Å². The molecule has 0 aliphatic heterocycles. The minimum absolute atomic E-state index is 0.0000601. The third-order valence-electron chi connectivity index (χ3n) is 3.38. The van der Waals surface area contributed by atoms with Gasteiger partial charge in [-0.25, -0.2) is 0 Å². The number of alkyl halides is 1. The number of benzene rings is 1. The number of hydrogen-bond acceptors (Lipinski definition) is 3. The summed E-state index contributed by atoms with van der Waals surface area (Å²) in [6, 6.07) is 4.54. The summed E-state index contributed by atoms with van der Waals surface area (Å²) >= 11 is 3.40. The number of nitrogens with one attached hydrogen (secondary N) is 1. The lowest BCUT2D eigenvalue weighted by Gasteiger charge is -2.24. The van der Waals surface area contributed by atoms with Gasteiger partial charge in [-0.05, 0) is 31.2 Å². The van der Waals surface area contributed by atoms with Crippen molar-refractivity contribution in [1.82, 2.24) is 5.32 Å². The first kappa shape index (κ1) is 17.6. The molecule has 0 fully saturated rings. The molecule has 0 aliphatic rings. The highest BCUT2D eigenvalue weighted by molar-refractivity contribution is 9.09. The minimum Gasteiger partial charge on any atom is -0.351 e. The molecule has 6 heteroatoms. The highest BCUT2D eigenvalue weighted by atomic mass is 79.9. The summed E-state index contributed by atoms with van der Waals surface area (Å²) in [6.07, 6.45) is 2.03. The largest absolute Gasteiger partial charge is 0.351 e. The van der Waals surface area contributed by atoms with Crippen LogP contribution in [0.15, 0.2) is 18.2 Å². The van der Waals surface area contributed by atoms with Gasteiger partial charge in [0.25, 0.3) is 11.6 Å². The topological polar surface area (TPSA) is 72.2 Å². The molecular weight excluding hydrogens is 336 g/mol. The van der Waals surface area contributed by atoms with E-state index in [1.165, 1.54) is 6.07 Å². The zero-order valence-corrected chi connectivity index (χ0v) is 14.2. The fourth-order valence-corrected chi connectivity index (χ4v) is 2.28. The molecule has 1 aromatic carbocycles. The number of nitrogens with zero attached hydrogens (tertiary/aromatic N) is 1. The SMILES string of the molecule is Cc1ccc(C(=O)NCC(C)(C)CCCBr)cc1[N+](=O)[O-]. The van der Waals surface area contributed by atoms with Crippen molar-refractivity contribution in [3.63, 3.8) is 0 Å². The maximum absolute atomic E-state index is 12.1. The Morgan fingerprint density at radius 3 is 2.67 bits per heavy atom. The minimum atomic E-state index is -0.466. The summed E-state index contributed by atoms with van der Waals surface area (Å²) < 4.78 is 0. The number of carbonyl (C=O) groups is 1. The van der Waals surface area contributed by atoms with Crippen LogP contribution in [0.1, 0.15) is 42.6 Å². The van der Waals surface area contributed by atoms with Crippen molar-refractivity contribution in [2.75, 3.05) is 11.9 Å². The first-order chi connectivity index (χ1) is 9.76. The van der Waals surface area contributed by atoms with Gasteiger partial charge in [-0.3, -0.25) is 14.9 Å².